The van der Waals surface area contributed by atoms with Crippen LogP contribution in [0.5, 0.6) is 0 Å². The molecule has 2 nitrogen and oxygen atoms in total. The van der Waals surface area contributed by atoms with Crippen molar-refractivity contribution in [2.75, 3.05) is 0 Å². The maximum Gasteiger partial charge on any atom is 0.101 e. The Kier molecular flexibility index (Phi) is 2.93. The second-order valence-corrected chi connectivity index (χ2v) is 3.01. The predicted octanol–water partition coefficient (Wildman–Crippen LogP) is 2.36. The molecule has 0 amide bonds. The highest BCUT2D eigenvalue weighted by molar-refractivity contribution is 6.35. The topological polar surface area (TPSA) is 44.0 Å². The Bertz CT molecular complexity index is 344. The minimum Gasteiger partial charge on any atom is -0.392 e. The van der Waals surface area contributed by atoms with Crippen molar-refractivity contribution in [2.24, 2.45) is 0 Å². The lowest BCUT2D eigenvalue weighted by molar-refractivity contribution is 0.282. The number of nitrogens with zero attached hydrogens (tertiary/aromatic N) is 1. The molecule has 0 unspecified atom stereocenters. The Labute approximate surface area is 80.0 Å². The van der Waals surface area contributed by atoms with E-state index in [9.17, 15) is 0 Å². The van der Waals surface area contributed by atoms with E-state index >= 15 is 0 Å². The quantitative estimate of drug-likeness (QED) is 0.759. The lowest BCUT2D eigenvalue weighted by Gasteiger charge is -2.01. The SMILES string of the molecule is N#Cc1cc(CO)c(Cl)cc1Cl. The summed E-state index contributed by atoms with van der Waals surface area (Å²) in [7, 11) is 0. The molecule has 0 aliphatic heterocycles. The summed E-state index contributed by atoms with van der Waals surface area (Å²) in [5, 5.41) is 18.0. The van der Waals surface area contributed by atoms with E-state index < -0.39 is 0 Å². The number of hydrogen-bond donors (Lipinski definition) is 1. The minimum atomic E-state index is -0.190. The fourth-order valence-electron chi connectivity index (χ4n) is 0.801. The number of aliphatic hydroxyl groups is 1. The van der Waals surface area contributed by atoms with Crippen molar-refractivity contribution in [2.45, 2.75) is 6.61 Å². The Morgan fingerprint density at radius 1 is 1.33 bits per heavy atom. The largest absolute Gasteiger partial charge is 0.392 e. The van der Waals surface area contributed by atoms with Crippen LogP contribution in [0, 0.1) is 11.3 Å². The number of nitriles is 1. The second kappa shape index (κ2) is 3.77. The Morgan fingerprint density at radius 2 is 2.00 bits per heavy atom. The molecule has 1 aromatic carbocycles. The van der Waals surface area contributed by atoms with Crippen molar-refractivity contribution in [3.8, 4) is 6.07 Å². The molecule has 62 valence electrons. The first-order valence-corrected chi connectivity index (χ1v) is 3.93. The van der Waals surface area contributed by atoms with Crippen molar-refractivity contribution in [1.82, 2.24) is 0 Å². The fraction of sp³-hybridized carbons (Fsp3) is 0.125. The van der Waals surface area contributed by atoms with Gasteiger partial charge in [0.1, 0.15) is 6.07 Å². The molecule has 4 heteroatoms. The highest BCUT2D eigenvalue weighted by Gasteiger charge is 2.05. The normalized spacial score (nSPS) is 9.50. The maximum atomic E-state index is 8.79. The molecule has 1 aromatic rings. The van der Waals surface area contributed by atoms with E-state index in [-0.39, 0.29) is 6.61 Å². The second-order valence-electron chi connectivity index (χ2n) is 2.19. The van der Waals surface area contributed by atoms with Crippen LogP contribution in [-0.2, 0) is 6.61 Å². The van der Waals surface area contributed by atoms with Gasteiger partial charge in [-0.25, -0.2) is 0 Å². The zero-order chi connectivity index (χ0) is 9.14. The van der Waals surface area contributed by atoms with Gasteiger partial charge in [-0.3, -0.25) is 0 Å². The average Bonchev–Trinajstić information content (AvgIpc) is 2.05. The third kappa shape index (κ3) is 1.70. The van der Waals surface area contributed by atoms with Crippen molar-refractivity contribution in [3.63, 3.8) is 0 Å². The summed E-state index contributed by atoms with van der Waals surface area (Å²) in [4.78, 5) is 0. The first-order chi connectivity index (χ1) is 5.69. The molecule has 0 spiro atoms. The third-order valence-corrected chi connectivity index (χ3v) is 2.09. The molecule has 0 radical (unpaired) electrons. The van der Waals surface area contributed by atoms with E-state index in [1.54, 1.807) is 0 Å². The number of benzene rings is 1. The van der Waals surface area contributed by atoms with Gasteiger partial charge in [0.2, 0.25) is 0 Å². The van der Waals surface area contributed by atoms with E-state index in [1.807, 2.05) is 6.07 Å². The Hall–Kier alpha value is -0.750. The zero-order valence-corrected chi connectivity index (χ0v) is 7.52. The summed E-state index contributed by atoms with van der Waals surface area (Å²) in [6.07, 6.45) is 0. The average molecular weight is 202 g/mol. The first kappa shape index (κ1) is 9.34. The summed E-state index contributed by atoms with van der Waals surface area (Å²) in [6.45, 7) is -0.190. The summed E-state index contributed by atoms with van der Waals surface area (Å²) in [6, 6.07) is 4.82. The van der Waals surface area contributed by atoms with Crippen LogP contribution in [0.4, 0.5) is 0 Å². The lowest BCUT2D eigenvalue weighted by atomic mass is 10.1. The molecule has 0 saturated heterocycles. The van der Waals surface area contributed by atoms with Crippen LogP contribution in [0.25, 0.3) is 0 Å². The molecule has 1 rings (SSSR count). The van der Waals surface area contributed by atoms with Crippen LogP contribution >= 0.6 is 23.2 Å². The van der Waals surface area contributed by atoms with Gasteiger partial charge in [0.05, 0.1) is 17.2 Å². The van der Waals surface area contributed by atoms with Gasteiger partial charge in [-0.1, -0.05) is 23.2 Å². The third-order valence-electron chi connectivity index (χ3n) is 1.43. The van der Waals surface area contributed by atoms with Gasteiger partial charge >= 0.3 is 0 Å². The van der Waals surface area contributed by atoms with E-state index in [4.69, 9.17) is 33.6 Å². The highest BCUT2D eigenvalue weighted by atomic mass is 35.5. The molecule has 0 fully saturated rings. The summed E-state index contributed by atoms with van der Waals surface area (Å²) in [5.74, 6) is 0. The molecule has 0 atom stereocenters. The minimum absolute atomic E-state index is 0.190. The van der Waals surface area contributed by atoms with E-state index in [1.165, 1.54) is 12.1 Å². The van der Waals surface area contributed by atoms with E-state index in [0.717, 1.165) is 0 Å². The molecule has 0 aromatic heterocycles. The molecule has 0 heterocycles. The number of halogens is 2. The van der Waals surface area contributed by atoms with Crippen molar-refractivity contribution in [3.05, 3.63) is 33.3 Å². The molecule has 0 bridgehead atoms. The zero-order valence-electron chi connectivity index (χ0n) is 6.01. The molecule has 0 aliphatic carbocycles. The standard InChI is InChI=1S/C8H5Cl2NO/c9-7-2-8(10)6(4-12)1-5(7)3-11/h1-2,12H,4H2. The van der Waals surface area contributed by atoms with Crippen molar-refractivity contribution >= 4 is 23.2 Å². The molecule has 12 heavy (non-hydrogen) atoms. The Morgan fingerprint density at radius 3 is 2.50 bits per heavy atom. The first-order valence-electron chi connectivity index (χ1n) is 3.18. The molecular weight excluding hydrogens is 197 g/mol. The van der Waals surface area contributed by atoms with Gasteiger partial charge in [0, 0.05) is 5.02 Å². The van der Waals surface area contributed by atoms with Gasteiger partial charge < -0.3 is 5.11 Å². The number of hydrogen-bond acceptors (Lipinski definition) is 2. The van der Waals surface area contributed by atoms with Crippen molar-refractivity contribution < 1.29 is 5.11 Å². The maximum absolute atomic E-state index is 8.79. The Balaban J connectivity index is 3.30. The molecule has 0 aliphatic rings. The summed E-state index contributed by atoms with van der Waals surface area (Å²) in [5.41, 5.74) is 0.836. The molecule has 0 saturated carbocycles. The smallest absolute Gasteiger partial charge is 0.101 e. The fourth-order valence-corrected chi connectivity index (χ4v) is 1.29. The van der Waals surface area contributed by atoms with Gasteiger partial charge in [0.15, 0.2) is 0 Å². The van der Waals surface area contributed by atoms with Gasteiger partial charge in [-0.2, -0.15) is 5.26 Å². The summed E-state index contributed by atoms with van der Waals surface area (Å²) < 4.78 is 0. The van der Waals surface area contributed by atoms with Crippen LogP contribution in [0.2, 0.25) is 10.0 Å². The lowest BCUT2D eigenvalue weighted by Crippen LogP contribution is -1.87. The van der Waals surface area contributed by atoms with Gasteiger partial charge in [-0.05, 0) is 17.7 Å². The number of aliphatic hydroxyl groups excluding tert-OH is 1. The predicted molar refractivity (Wildman–Crippen MR) is 47.1 cm³/mol. The van der Waals surface area contributed by atoms with E-state index in [2.05, 4.69) is 0 Å². The van der Waals surface area contributed by atoms with Gasteiger partial charge in [0.25, 0.3) is 0 Å². The highest BCUT2D eigenvalue weighted by Crippen LogP contribution is 2.24. The van der Waals surface area contributed by atoms with Crippen LogP contribution in [0.1, 0.15) is 11.1 Å². The molecule has 1 N–H and O–H groups in total. The van der Waals surface area contributed by atoms with Crippen molar-refractivity contribution in [1.29, 1.82) is 5.26 Å². The van der Waals surface area contributed by atoms with Crippen LogP contribution in [0.15, 0.2) is 12.1 Å². The van der Waals surface area contributed by atoms with Crippen LogP contribution in [-0.4, -0.2) is 5.11 Å². The van der Waals surface area contributed by atoms with Crippen LogP contribution < -0.4 is 0 Å². The van der Waals surface area contributed by atoms with Gasteiger partial charge in [-0.15, -0.1) is 0 Å². The van der Waals surface area contributed by atoms with Crippen LogP contribution in [0.3, 0.4) is 0 Å². The summed E-state index contributed by atoms with van der Waals surface area (Å²) >= 11 is 11.4. The molecular formula is C8H5Cl2NO. The monoisotopic (exact) mass is 201 g/mol. The number of rotatable bonds is 1. The van der Waals surface area contributed by atoms with E-state index in [0.29, 0.717) is 21.2 Å².